The number of hydrogen-bond donors (Lipinski definition) is 0. The lowest BCUT2D eigenvalue weighted by molar-refractivity contribution is 0.858. The normalized spacial score (nSPS) is 11.2. The van der Waals surface area contributed by atoms with Crippen LogP contribution in [0.4, 0.5) is 0 Å². The van der Waals surface area contributed by atoms with Gasteiger partial charge < -0.3 is 0 Å². The summed E-state index contributed by atoms with van der Waals surface area (Å²) in [5, 5.41) is 0. The van der Waals surface area contributed by atoms with Crippen molar-refractivity contribution < 1.29 is 0 Å². The largest absolute Gasteiger partial charge is 0.103 e. The molecule has 90 valence electrons. The van der Waals surface area contributed by atoms with Crippen LogP contribution < -0.4 is 0 Å². The molecule has 0 heteroatoms. The third kappa shape index (κ3) is 13.0. The molecule has 0 atom stereocenters. The third-order valence-corrected chi connectivity index (χ3v) is 2.39. The molecule has 0 aromatic rings. The van der Waals surface area contributed by atoms with Crippen LogP contribution in [-0.4, -0.2) is 0 Å². The zero-order valence-electron chi connectivity index (χ0n) is 10.5. The maximum Gasteiger partial charge on any atom is -0.0316 e. The summed E-state index contributed by atoms with van der Waals surface area (Å²) in [6.45, 7) is 7.42. The number of rotatable bonds is 11. The molecule has 0 aliphatic carbocycles. The Morgan fingerprint density at radius 1 is 0.500 bits per heavy atom. The standard InChI is InChI=1S/C16H26/c1-3-5-7-9-11-13-15-16-14-12-10-8-6-4-2/h3-4,11-14H,1-2,5-10,15-16H2/b13-11+,14-12+. The highest BCUT2D eigenvalue weighted by Crippen LogP contribution is 2.01. The van der Waals surface area contributed by atoms with Crippen molar-refractivity contribution in [1.82, 2.24) is 0 Å². The molecule has 0 radical (unpaired) electrons. The minimum atomic E-state index is 1.13. The van der Waals surface area contributed by atoms with Crippen LogP contribution in [0.25, 0.3) is 0 Å². The molecule has 0 rings (SSSR count). The van der Waals surface area contributed by atoms with E-state index in [2.05, 4.69) is 37.5 Å². The highest BCUT2D eigenvalue weighted by Gasteiger charge is 1.81. The highest BCUT2D eigenvalue weighted by atomic mass is 13.9. The van der Waals surface area contributed by atoms with Gasteiger partial charge in [-0.2, -0.15) is 0 Å². The van der Waals surface area contributed by atoms with Gasteiger partial charge in [0.2, 0.25) is 0 Å². The molecule has 0 heterocycles. The Bertz CT molecular complexity index is 184. The third-order valence-electron chi connectivity index (χ3n) is 2.39. The van der Waals surface area contributed by atoms with Gasteiger partial charge in [0.05, 0.1) is 0 Å². The van der Waals surface area contributed by atoms with Crippen molar-refractivity contribution in [3.63, 3.8) is 0 Å². The molecule has 0 spiro atoms. The Morgan fingerprint density at radius 3 is 1.25 bits per heavy atom. The summed E-state index contributed by atoms with van der Waals surface area (Å²) in [6.07, 6.45) is 22.6. The van der Waals surface area contributed by atoms with Gasteiger partial charge in [-0.1, -0.05) is 36.5 Å². The van der Waals surface area contributed by atoms with E-state index in [4.69, 9.17) is 0 Å². The summed E-state index contributed by atoms with van der Waals surface area (Å²) in [5.41, 5.74) is 0. The van der Waals surface area contributed by atoms with Gasteiger partial charge in [0.25, 0.3) is 0 Å². The first-order chi connectivity index (χ1) is 7.91. The smallest absolute Gasteiger partial charge is 0.0316 e. The van der Waals surface area contributed by atoms with E-state index in [0.29, 0.717) is 0 Å². The van der Waals surface area contributed by atoms with Gasteiger partial charge in [0.1, 0.15) is 0 Å². The van der Waals surface area contributed by atoms with Crippen molar-refractivity contribution in [2.75, 3.05) is 0 Å². The van der Waals surface area contributed by atoms with E-state index in [-0.39, 0.29) is 0 Å². The predicted molar refractivity (Wildman–Crippen MR) is 75.6 cm³/mol. The van der Waals surface area contributed by atoms with E-state index in [0.717, 1.165) is 12.8 Å². The molecule has 0 N–H and O–H groups in total. The summed E-state index contributed by atoms with van der Waals surface area (Å²) < 4.78 is 0. The molecular weight excluding hydrogens is 192 g/mol. The van der Waals surface area contributed by atoms with Gasteiger partial charge in [-0.3, -0.25) is 0 Å². The molecule has 0 saturated carbocycles. The van der Waals surface area contributed by atoms with E-state index >= 15 is 0 Å². The van der Waals surface area contributed by atoms with Crippen LogP contribution in [-0.2, 0) is 0 Å². The van der Waals surface area contributed by atoms with Gasteiger partial charge in [-0.25, -0.2) is 0 Å². The molecule has 0 aliphatic heterocycles. The Hall–Kier alpha value is -1.04. The number of allylic oxidation sites excluding steroid dienone is 6. The first-order valence-corrected chi connectivity index (χ1v) is 6.43. The Kier molecular flexibility index (Phi) is 13.1. The average molecular weight is 218 g/mol. The Labute approximate surface area is 101 Å². The van der Waals surface area contributed by atoms with E-state index in [9.17, 15) is 0 Å². The molecule has 0 unspecified atom stereocenters. The van der Waals surface area contributed by atoms with Crippen molar-refractivity contribution >= 4 is 0 Å². The van der Waals surface area contributed by atoms with Gasteiger partial charge >= 0.3 is 0 Å². The van der Waals surface area contributed by atoms with Crippen LogP contribution in [0, 0.1) is 0 Å². The molecule has 16 heavy (non-hydrogen) atoms. The van der Waals surface area contributed by atoms with Crippen LogP contribution in [0.15, 0.2) is 49.6 Å². The fraction of sp³-hybridized carbons (Fsp3) is 0.500. The topological polar surface area (TPSA) is 0 Å². The van der Waals surface area contributed by atoms with E-state index in [1.807, 2.05) is 12.2 Å². The minimum Gasteiger partial charge on any atom is -0.103 e. The second-order valence-corrected chi connectivity index (χ2v) is 3.96. The van der Waals surface area contributed by atoms with Gasteiger partial charge in [-0.05, 0) is 51.4 Å². The van der Waals surface area contributed by atoms with Gasteiger partial charge in [0.15, 0.2) is 0 Å². The lowest BCUT2D eigenvalue weighted by Gasteiger charge is -1.91. The molecule has 0 bridgehead atoms. The monoisotopic (exact) mass is 218 g/mol. The summed E-state index contributed by atoms with van der Waals surface area (Å²) >= 11 is 0. The van der Waals surface area contributed by atoms with E-state index in [1.54, 1.807) is 0 Å². The SMILES string of the molecule is C=CCCC/C=C/CC/C=C/CCCC=C. The molecule has 0 aliphatic rings. The van der Waals surface area contributed by atoms with Crippen molar-refractivity contribution in [2.45, 2.75) is 51.4 Å². The molecule has 0 aromatic heterocycles. The summed E-state index contributed by atoms with van der Waals surface area (Å²) in [6, 6.07) is 0. The summed E-state index contributed by atoms with van der Waals surface area (Å²) in [4.78, 5) is 0. The molecule has 0 amide bonds. The maximum atomic E-state index is 3.71. The molecule has 0 nitrogen and oxygen atoms in total. The van der Waals surface area contributed by atoms with Crippen molar-refractivity contribution in [1.29, 1.82) is 0 Å². The fourth-order valence-electron chi connectivity index (χ4n) is 1.42. The lowest BCUT2D eigenvalue weighted by Crippen LogP contribution is -1.71. The van der Waals surface area contributed by atoms with Crippen LogP contribution >= 0.6 is 0 Å². The molecule has 0 saturated heterocycles. The lowest BCUT2D eigenvalue weighted by atomic mass is 10.2. The first-order valence-electron chi connectivity index (χ1n) is 6.43. The first kappa shape index (κ1) is 15.0. The summed E-state index contributed by atoms with van der Waals surface area (Å²) in [5.74, 6) is 0. The maximum absolute atomic E-state index is 3.71. The van der Waals surface area contributed by atoms with Crippen LogP contribution in [0.1, 0.15) is 51.4 Å². The highest BCUT2D eigenvalue weighted by molar-refractivity contribution is 4.88. The number of unbranched alkanes of at least 4 members (excludes halogenated alkanes) is 5. The fourth-order valence-corrected chi connectivity index (χ4v) is 1.42. The van der Waals surface area contributed by atoms with E-state index < -0.39 is 0 Å². The second kappa shape index (κ2) is 14.0. The Morgan fingerprint density at radius 2 is 0.875 bits per heavy atom. The molecule has 0 aromatic carbocycles. The van der Waals surface area contributed by atoms with Gasteiger partial charge in [0, 0.05) is 0 Å². The predicted octanol–water partition coefficient (Wildman–Crippen LogP) is 5.59. The zero-order valence-corrected chi connectivity index (χ0v) is 10.5. The van der Waals surface area contributed by atoms with E-state index in [1.165, 1.54) is 38.5 Å². The zero-order chi connectivity index (χ0) is 11.9. The van der Waals surface area contributed by atoms with Crippen LogP contribution in [0.2, 0.25) is 0 Å². The Balaban J connectivity index is 3.18. The van der Waals surface area contributed by atoms with Crippen LogP contribution in [0.3, 0.4) is 0 Å². The number of hydrogen-bond acceptors (Lipinski definition) is 0. The van der Waals surface area contributed by atoms with Crippen molar-refractivity contribution in [3.8, 4) is 0 Å². The van der Waals surface area contributed by atoms with Crippen LogP contribution in [0.5, 0.6) is 0 Å². The minimum absolute atomic E-state index is 1.13. The molecular formula is C16H26. The molecule has 0 fully saturated rings. The quantitative estimate of drug-likeness (QED) is 0.313. The van der Waals surface area contributed by atoms with Crippen molar-refractivity contribution in [3.05, 3.63) is 49.6 Å². The van der Waals surface area contributed by atoms with Gasteiger partial charge in [-0.15, -0.1) is 13.2 Å². The summed E-state index contributed by atoms with van der Waals surface area (Å²) in [7, 11) is 0. The average Bonchev–Trinajstić information content (AvgIpc) is 2.31. The van der Waals surface area contributed by atoms with Crippen molar-refractivity contribution in [2.24, 2.45) is 0 Å². The second-order valence-electron chi connectivity index (χ2n) is 3.96.